The van der Waals surface area contributed by atoms with Crippen LogP contribution in [0.3, 0.4) is 0 Å². The molecular weight excluding hydrogens is 398 g/mol. The Balaban J connectivity index is 1.52. The molecular formula is C23H29N3O3S. The zero-order chi connectivity index (χ0) is 20.9. The average molecular weight is 428 g/mol. The van der Waals surface area contributed by atoms with Gasteiger partial charge >= 0.3 is 6.03 Å². The Hall–Kier alpha value is -2.38. The number of hydrogen-bond donors (Lipinski definition) is 2. The number of urea groups is 1. The van der Waals surface area contributed by atoms with Crippen LogP contribution in [0.2, 0.25) is 0 Å². The molecule has 30 heavy (non-hydrogen) atoms. The molecule has 0 aliphatic carbocycles. The van der Waals surface area contributed by atoms with Crippen molar-refractivity contribution in [3.05, 3.63) is 60.2 Å². The molecule has 0 spiro atoms. The van der Waals surface area contributed by atoms with Gasteiger partial charge in [-0.05, 0) is 48.3 Å². The maximum atomic E-state index is 13.0. The van der Waals surface area contributed by atoms with E-state index in [1.165, 1.54) is 16.7 Å². The van der Waals surface area contributed by atoms with E-state index in [-0.39, 0.29) is 18.0 Å². The summed E-state index contributed by atoms with van der Waals surface area (Å²) in [7, 11) is -2.58. The molecule has 2 heterocycles. The Bertz CT molecular complexity index is 936. The van der Waals surface area contributed by atoms with E-state index in [0.29, 0.717) is 6.54 Å². The Kier molecular flexibility index (Phi) is 6.69. The zero-order valence-electron chi connectivity index (χ0n) is 17.1. The normalized spacial score (nSPS) is 21.1. The summed E-state index contributed by atoms with van der Waals surface area (Å²) in [4.78, 5) is 16.9. The van der Waals surface area contributed by atoms with E-state index in [2.05, 4.69) is 41.1 Å². The summed E-state index contributed by atoms with van der Waals surface area (Å²) in [6.45, 7) is 2.85. The van der Waals surface area contributed by atoms with Gasteiger partial charge in [-0.15, -0.1) is 0 Å². The first-order chi connectivity index (χ1) is 14.6. The monoisotopic (exact) mass is 427 g/mol. The van der Waals surface area contributed by atoms with Gasteiger partial charge in [0.15, 0.2) is 0 Å². The van der Waals surface area contributed by atoms with Crippen LogP contribution in [0.4, 0.5) is 4.79 Å². The highest BCUT2D eigenvalue weighted by Gasteiger charge is 2.39. The number of rotatable bonds is 7. The van der Waals surface area contributed by atoms with E-state index in [4.69, 9.17) is 0 Å². The lowest BCUT2D eigenvalue weighted by Crippen LogP contribution is -2.52. The van der Waals surface area contributed by atoms with Crippen molar-refractivity contribution in [2.45, 2.75) is 31.7 Å². The molecule has 0 bridgehead atoms. The van der Waals surface area contributed by atoms with Crippen LogP contribution in [0.1, 0.15) is 24.8 Å². The Labute approximate surface area is 180 Å². The van der Waals surface area contributed by atoms with E-state index < -0.39 is 10.9 Å². The quantitative estimate of drug-likeness (QED) is 0.668. The second kappa shape index (κ2) is 9.62. The zero-order valence-corrected chi connectivity index (χ0v) is 18.0. The summed E-state index contributed by atoms with van der Waals surface area (Å²) in [6, 6.07) is 19.1. The second-order valence-corrected chi connectivity index (χ2v) is 8.99. The molecule has 2 amide bonds. The molecule has 4 rings (SSSR count). The van der Waals surface area contributed by atoms with Gasteiger partial charge in [0.2, 0.25) is 10.9 Å². The van der Waals surface area contributed by atoms with Gasteiger partial charge in [0.1, 0.15) is 0 Å². The number of thiol groups is 1. The number of likely N-dealkylation sites (tertiary alicyclic amines) is 2. The minimum atomic E-state index is -2.58. The van der Waals surface area contributed by atoms with Gasteiger partial charge in [-0.25, -0.2) is 17.9 Å². The van der Waals surface area contributed by atoms with Gasteiger partial charge in [-0.2, -0.15) is 0 Å². The van der Waals surface area contributed by atoms with Crippen molar-refractivity contribution in [3.63, 3.8) is 0 Å². The van der Waals surface area contributed by atoms with E-state index >= 15 is 0 Å². The summed E-state index contributed by atoms with van der Waals surface area (Å²) in [5.41, 5.74) is 3.56. The molecule has 0 saturated carbocycles. The molecule has 1 N–H and O–H groups in total. The van der Waals surface area contributed by atoms with Gasteiger partial charge in [0.05, 0.1) is 0 Å². The summed E-state index contributed by atoms with van der Waals surface area (Å²) in [5.74, 6) is 0.290. The molecule has 0 aromatic heterocycles. The number of carbonyl (C=O) groups excluding carboxylic acids is 1. The SMILES string of the molecule is O=C(N1CCC1)N1CC[C@@H](CCN[SH](=O)=O)[C@@H]1Cc1cccc(-c2ccccc2)c1. The van der Waals surface area contributed by atoms with Crippen molar-refractivity contribution in [1.29, 1.82) is 0 Å². The van der Waals surface area contributed by atoms with Gasteiger partial charge in [-0.3, -0.25) is 0 Å². The third-order valence-corrected chi connectivity index (χ3v) is 6.77. The fourth-order valence-corrected chi connectivity index (χ4v) is 4.86. The Morgan fingerprint density at radius 3 is 2.47 bits per heavy atom. The molecule has 2 aromatic rings. The van der Waals surface area contributed by atoms with Crippen molar-refractivity contribution in [1.82, 2.24) is 14.5 Å². The lowest BCUT2D eigenvalue weighted by atomic mass is 9.90. The molecule has 160 valence electrons. The highest BCUT2D eigenvalue weighted by Crippen LogP contribution is 2.32. The van der Waals surface area contributed by atoms with Crippen molar-refractivity contribution in [3.8, 4) is 11.1 Å². The fraction of sp³-hybridized carbons (Fsp3) is 0.435. The van der Waals surface area contributed by atoms with Crippen LogP contribution in [0.5, 0.6) is 0 Å². The van der Waals surface area contributed by atoms with E-state index in [1.807, 2.05) is 28.0 Å². The second-order valence-electron chi connectivity index (χ2n) is 8.16. The number of hydrogen-bond acceptors (Lipinski definition) is 3. The first kappa shape index (κ1) is 20.9. The first-order valence-electron chi connectivity index (χ1n) is 10.7. The summed E-state index contributed by atoms with van der Waals surface area (Å²) < 4.78 is 24.3. The number of nitrogens with zero attached hydrogens (tertiary/aromatic N) is 2. The van der Waals surface area contributed by atoms with Crippen molar-refractivity contribution >= 4 is 16.9 Å². The van der Waals surface area contributed by atoms with Crippen molar-refractivity contribution in [2.24, 2.45) is 5.92 Å². The summed E-state index contributed by atoms with van der Waals surface area (Å²) in [5, 5.41) is 0. The van der Waals surface area contributed by atoms with Crippen LogP contribution >= 0.6 is 0 Å². The number of benzene rings is 2. The van der Waals surface area contributed by atoms with Crippen LogP contribution in [0.15, 0.2) is 54.6 Å². The molecule has 2 aliphatic heterocycles. The average Bonchev–Trinajstić information content (AvgIpc) is 3.10. The van der Waals surface area contributed by atoms with Crippen LogP contribution in [0.25, 0.3) is 11.1 Å². The van der Waals surface area contributed by atoms with Crippen molar-refractivity contribution in [2.75, 3.05) is 26.2 Å². The topological polar surface area (TPSA) is 69.7 Å². The molecule has 2 aromatic carbocycles. The Morgan fingerprint density at radius 1 is 1.00 bits per heavy atom. The molecule has 0 radical (unpaired) electrons. The number of carbonyl (C=O) groups is 1. The minimum Gasteiger partial charge on any atom is -0.325 e. The lowest BCUT2D eigenvalue weighted by molar-refractivity contribution is 0.117. The first-order valence-corrected chi connectivity index (χ1v) is 11.9. The third kappa shape index (κ3) is 4.84. The van der Waals surface area contributed by atoms with E-state index in [1.54, 1.807) is 0 Å². The largest absolute Gasteiger partial charge is 0.325 e. The van der Waals surface area contributed by atoms with Crippen LogP contribution in [0, 0.1) is 5.92 Å². The molecule has 2 atom stereocenters. The standard InChI is InChI=1S/C23H29N3O3S/c27-23(25-13-5-14-25)26-15-11-20(10-12-24-30(28)29)22(26)17-18-6-4-9-21(16-18)19-7-2-1-3-8-19/h1-4,6-9,16,20,22,30H,5,10-15,17H2,(H,24,28,29)/t20-,22+/m1/s1. The van der Waals surface area contributed by atoms with Gasteiger partial charge in [0.25, 0.3) is 0 Å². The minimum absolute atomic E-state index is 0.0930. The highest BCUT2D eigenvalue weighted by atomic mass is 32.2. The maximum absolute atomic E-state index is 13.0. The van der Waals surface area contributed by atoms with Gasteiger partial charge < -0.3 is 9.80 Å². The van der Waals surface area contributed by atoms with Crippen LogP contribution < -0.4 is 4.72 Å². The number of nitrogens with one attached hydrogen (secondary N) is 1. The predicted molar refractivity (Wildman–Crippen MR) is 119 cm³/mol. The van der Waals surface area contributed by atoms with E-state index in [9.17, 15) is 13.2 Å². The third-order valence-electron chi connectivity index (χ3n) is 6.29. The molecule has 2 aliphatic rings. The van der Waals surface area contributed by atoms with E-state index in [0.717, 1.165) is 45.3 Å². The molecule has 2 fully saturated rings. The smallest absolute Gasteiger partial charge is 0.320 e. The molecule has 2 saturated heterocycles. The fourth-order valence-electron chi connectivity index (χ4n) is 4.55. The van der Waals surface area contributed by atoms with Gasteiger partial charge in [-0.1, -0.05) is 54.6 Å². The Morgan fingerprint density at radius 2 is 1.77 bits per heavy atom. The van der Waals surface area contributed by atoms with Crippen molar-refractivity contribution < 1.29 is 13.2 Å². The highest BCUT2D eigenvalue weighted by molar-refractivity contribution is 7.70. The number of amides is 2. The molecule has 0 unspecified atom stereocenters. The summed E-state index contributed by atoms with van der Waals surface area (Å²) in [6.07, 6.45) is 3.53. The lowest BCUT2D eigenvalue weighted by Gasteiger charge is -2.38. The van der Waals surface area contributed by atoms with Crippen LogP contribution in [-0.2, 0) is 17.3 Å². The molecule has 7 heteroatoms. The maximum Gasteiger partial charge on any atom is 0.320 e. The summed E-state index contributed by atoms with van der Waals surface area (Å²) >= 11 is 0. The van der Waals surface area contributed by atoms with Crippen LogP contribution in [-0.4, -0.2) is 56.5 Å². The molecule has 6 nitrogen and oxygen atoms in total. The van der Waals surface area contributed by atoms with Gasteiger partial charge in [0, 0.05) is 32.2 Å². The predicted octanol–water partition coefficient (Wildman–Crippen LogP) is 2.92.